The van der Waals surface area contributed by atoms with Gasteiger partial charge < -0.3 is 10.6 Å². The van der Waals surface area contributed by atoms with Crippen LogP contribution in [0.15, 0.2) is 66.7 Å². The van der Waals surface area contributed by atoms with Gasteiger partial charge in [-0.15, -0.1) is 11.3 Å². The molecule has 5 rings (SSSR count). The highest BCUT2D eigenvalue weighted by molar-refractivity contribution is 7.18. The van der Waals surface area contributed by atoms with Crippen LogP contribution in [0.2, 0.25) is 0 Å². The van der Waals surface area contributed by atoms with Crippen LogP contribution in [0.5, 0.6) is 0 Å². The third kappa shape index (κ3) is 4.36. The van der Waals surface area contributed by atoms with Crippen LogP contribution in [0.3, 0.4) is 0 Å². The van der Waals surface area contributed by atoms with Gasteiger partial charge in [0.2, 0.25) is 11.8 Å². The van der Waals surface area contributed by atoms with E-state index in [4.69, 9.17) is 0 Å². The number of thiazole rings is 1. The molecular formula is C26H25N3O2S. The van der Waals surface area contributed by atoms with Crippen molar-refractivity contribution in [3.8, 4) is 0 Å². The van der Waals surface area contributed by atoms with Crippen molar-refractivity contribution in [3.63, 3.8) is 0 Å². The van der Waals surface area contributed by atoms with E-state index in [0.29, 0.717) is 25.8 Å². The zero-order chi connectivity index (χ0) is 22.0. The van der Waals surface area contributed by atoms with Crippen LogP contribution in [0.25, 0.3) is 21.0 Å². The van der Waals surface area contributed by atoms with Crippen LogP contribution in [0.1, 0.15) is 36.3 Å². The minimum Gasteiger partial charge on any atom is -0.350 e. The molecule has 2 amide bonds. The summed E-state index contributed by atoms with van der Waals surface area (Å²) in [6.45, 7) is 0.431. The van der Waals surface area contributed by atoms with Gasteiger partial charge >= 0.3 is 0 Å². The summed E-state index contributed by atoms with van der Waals surface area (Å²) in [5, 5.41) is 9.50. The summed E-state index contributed by atoms with van der Waals surface area (Å²) >= 11 is 1.60. The molecule has 0 spiro atoms. The Morgan fingerprint density at radius 3 is 2.72 bits per heavy atom. The molecule has 32 heavy (non-hydrogen) atoms. The zero-order valence-electron chi connectivity index (χ0n) is 17.8. The number of hydrogen-bond donors (Lipinski definition) is 2. The monoisotopic (exact) mass is 443 g/mol. The quantitative estimate of drug-likeness (QED) is 0.433. The molecule has 1 aliphatic rings. The number of nitrogens with one attached hydrogen (secondary N) is 2. The minimum absolute atomic E-state index is 0.0114. The minimum atomic E-state index is -0.381. The Morgan fingerprint density at radius 1 is 1.06 bits per heavy atom. The smallest absolute Gasteiger partial charge is 0.220 e. The van der Waals surface area contributed by atoms with Crippen molar-refractivity contribution in [2.45, 2.75) is 44.2 Å². The van der Waals surface area contributed by atoms with Crippen molar-refractivity contribution in [1.29, 1.82) is 0 Å². The van der Waals surface area contributed by atoms with Crippen molar-refractivity contribution in [2.75, 3.05) is 0 Å². The van der Waals surface area contributed by atoms with Crippen LogP contribution < -0.4 is 10.6 Å². The fourth-order valence-electron chi connectivity index (χ4n) is 4.60. The van der Waals surface area contributed by atoms with Gasteiger partial charge in [0, 0.05) is 18.4 Å². The summed E-state index contributed by atoms with van der Waals surface area (Å²) in [5.74, 6) is 0.0582. The average Bonchev–Trinajstić information content (AvgIpc) is 3.40. The fraction of sp³-hybridized carbons (Fsp3) is 0.269. The number of rotatable bonds is 7. The fourth-order valence-corrected chi connectivity index (χ4v) is 5.51. The summed E-state index contributed by atoms with van der Waals surface area (Å²) in [5.41, 5.74) is 1.79. The molecule has 0 unspecified atom stereocenters. The maximum absolute atomic E-state index is 12.6. The highest BCUT2D eigenvalue weighted by Gasteiger charge is 2.38. The Bertz CT molecular complexity index is 1260. The van der Waals surface area contributed by atoms with Gasteiger partial charge in [-0.3, -0.25) is 9.59 Å². The number of para-hydroxylation sites is 1. The molecule has 1 aromatic heterocycles. The molecule has 1 aliphatic heterocycles. The Labute approximate surface area is 190 Å². The molecule has 3 aromatic carbocycles. The predicted octanol–water partition coefficient (Wildman–Crippen LogP) is 4.74. The maximum atomic E-state index is 12.6. The number of benzene rings is 3. The first-order valence-corrected chi connectivity index (χ1v) is 11.8. The standard InChI is InChI=1S/C26H25N3O2S/c30-23(27-17-25-28-21-10-3-4-11-22(21)32-25)12-14-26(15-13-24(31)29-26)16-19-8-5-7-18-6-1-2-9-20(18)19/h1-11H,12-17H2,(H,27,30)(H,29,31)/t26-/m0/s1. The van der Waals surface area contributed by atoms with Crippen LogP contribution in [0, 0.1) is 0 Å². The van der Waals surface area contributed by atoms with Gasteiger partial charge in [0.05, 0.1) is 16.8 Å². The summed E-state index contributed by atoms with van der Waals surface area (Å²) in [6, 6.07) is 22.6. The molecule has 1 atom stereocenters. The molecule has 0 bridgehead atoms. The van der Waals surface area contributed by atoms with Gasteiger partial charge in [-0.2, -0.15) is 0 Å². The first-order valence-electron chi connectivity index (χ1n) is 11.0. The summed E-state index contributed by atoms with van der Waals surface area (Å²) in [7, 11) is 0. The van der Waals surface area contributed by atoms with E-state index in [2.05, 4.69) is 45.9 Å². The van der Waals surface area contributed by atoms with E-state index in [1.165, 1.54) is 16.3 Å². The molecule has 4 aromatic rings. The number of hydrogen-bond acceptors (Lipinski definition) is 4. The number of carbonyl (C=O) groups excluding carboxylic acids is 2. The van der Waals surface area contributed by atoms with Crippen LogP contribution >= 0.6 is 11.3 Å². The van der Waals surface area contributed by atoms with E-state index in [-0.39, 0.29) is 17.4 Å². The number of amides is 2. The second-order valence-corrected chi connectivity index (χ2v) is 9.61. The molecule has 1 fully saturated rings. The second kappa shape index (κ2) is 8.71. The number of fused-ring (bicyclic) bond motifs is 2. The lowest BCUT2D eigenvalue weighted by Gasteiger charge is -2.30. The van der Waals surface area contributed by atoms with E-state index in [9.17, 15) is 9.59 Å². The largest absolute Gasteiger partial charge is 0.350 e. The molecule has 2 N–H and O–H groups in total. The Balaban J connectivity index is 1.25. The zero-order valence-corrected chi connectivity index (χ0v) is 18.6. The third-order valence-electron chi connectivity index (χ3n) is 6.25. The lowest BCUT2D eigenvalue weighted by molar-refractivity contribution is -0.122. The SMILES string of the molecule is O=C(CC[C@@]1(Cc2cccc3ccccc23)CCC(=O)N1)NCc1nc2ccccc2s1. The van der Waals surface area contributed by atoms with Crippen LogP contribution in [-0.4, -0.2) is 22.3 Å². The molecule has 0 aliphatic carbocycles. The molecule has 1 saturated heterocycles. The molecule has 5 nitrogen and oxygen atoms in total. The van der Waals surface area contributed by atoms with Crippen LogP contribution in [0.4, 0.5) is 0 Å². The normalized spacial score (nSPS) is 18.2. The first-order chi connectivity index (χ1) is 15.6. The topological polar surface area (TPSA) is 71.1 Å². The predicted molar refractivity (Wildman–Crippen MR) is 128 cm³/mol. The maximum Gasteiger partial charge on any atom is 0.220 e. The Hall–Kier alpha value is -3.25. The van der Waals surface area contributed by atoms with Gasteiger partial charge in [0.1, 0.15) is 5.01 Å². The van der Waals surface area contributed by atoms with Crippen LogP contribution in [-0.2, 0) is 22.6 Å². The van der Waals surface area contributed by atoms with E-state index in [1.54, 1.807) is 11.3 Å². The van der Waals surface area contributed by atoms with E-state index in [1.807, 2.05) is 36.4 Å². The van der Waals surface area contributed by atoms with Crippen molar-refractivity contribution >= 4 is 44.1 Å². The van der Waals surface area contributed by atoms with Crippen molar-refractivity contribution in [3.05, 3.63) is 77.3 Å². The molecule has 0 radical (unpaired) electrons. The average molecular weight is 444 g/mol. The molecule has 2 heterocycles. The molecule has 0 saturated carbocycles. The first kappa shape index (κ1) is 20.6. The Morgan fingerprint density at radius 2 is 1.88 bits per heavy atom. The Kier molecular flexibility index (Phi) is 5.62. The summed E-state index contributed by atoms with van der Waals surface area (Å²) in [6.07, 6.45) is 2.98. The molecule has 162 valence electrons. The van der Waals surface area contributed by atoms with E-state index in [0.717, 1.165) is 28.1 Å². The lowest BCUT2D eigenvalue weighted by Crippen LogP contribution is -2.44. The van der Waals surface area contributed by atoms with Gasteiger partial charge in [0.25, 0.3) is 0 Å². The lowest BCUT2D eigenvalue weighted by atomic mass is 9.83. The number of nitrogens with zero attached hydrogens (tertiary/aromatic N) is 1. The third-order valence-corrected chi connectivity index (χ3v) is 7.29. The van der Waals surface area contributed by atoms with Crippen molar-refractivity contribution in [2.24, 2.45) is 0 Å². The van der Waals surface area contributed by atoms with Crippen molar-refractivity contribution < 1.29 is 9.59 Å². The van der Waals surface area contributed by atoms with E-state index < -0.39 is 0 Å². The summed E-state index contributed by atoms with van der Waals surface area (Å²) in [4.78, 5) is 29.3. The second-order valence-electron chi connectivity index (χ2n) is 8.50. The number of aromatic nitrogens is 1. The van der Waals surface area contributed by atoms with Crippen molar-refractivity contribution in [1.82, 2.24) is 15.6 Å². The van der Waals surface area contributed by atoms with Gasteiger partial charge in [-0.05, 0) is 47.7 Å². The molecule has 6 heteroatoms. The van der Waals surface area contributed by atoms with Gasteiger partial charge in [-0.1, -0.05) is 54.6 Å². The highest BCUT2D eigenvalue weighted by Crippen LogP contribution is 2.32. The number of carbonyl (C=O) groups is 2. The summed E-state index contributed by atoms with van der Waals surface area (Å²) < 4.78 is 1.12. The van der Waals surface area contributed by atoms with Gasteiger partial charge in [0.15, 0.2) is 0 Å². The highest BCUT2D eigenvalue weighted by atomic mass is 32.1. The van der Waals surface area contributed by atoms with E-state index >= 15 is 0 Å². The van der Waals surface area contributed by atoms with Gasteiger partial charge in [-0.25, -0.2) is 4.98 Å². The molecular weight excluding hydrogens is 418 g/mol.